The standard InChI is InChI=1S/C8H9N.CH3NO.CH4O/c1-7-2-4-8(6-9)5-3-7;2-1-3;1-2/h2-6,9H,1H3;1H,(H2,2,3);2H,1H3. The minimum atomic E-state index is 0.250. The number of hydrogen-bond acceptors (Lipinski definition) is 3. The molecule has 0 fully saturated rings. The van der Waals surface area contributed by atoms with E-state index in [0.29, 0.717) is 0 Å². The van der Waals surface area contributed by atoms with Crippen LogP contribution in [0.4, 0.5) is 0 Å². The van der Waals surface area contributed by atoms with E-state index in [1.165, 1.54) is 11.8 Å². The molecule has 0 aromatic heterocycles. The number of hydrogen-bond donors (Lipinski definition) is 3. The third-order valence-electron chi connectivity index (χ3n) is 1.24. The van der Waals surface area contributed by atoms with Gasteiger partial charge >= 0.3 is 0 Å². The highest BCUT2D eigenvalue weighted by atomic mass is 16.2. The number of nitrogens with one attached hydrogen (secondary N) is 1. The van der Waals surface area contributed by atoms with Gasteiger partial charge in [-0.05, 0) is 12.5 Å². The lowest BCUT2D eigenvalue weighted by Gasteiger charge is -1.90. The first-order chi connectivity index (χ1) is 6.74. The van der Waals surface area contributed by atoms with E-state index in [9.17, 15) is 0 Å². The Morgan fingerprint density at radius 2 is 1.64 bits per heavy atom. The van der Waals surface area contributed by atoms with Crippen molar-refractivity contribution >= 4 is 12.6 Å². The van der Waals surface area contributed by atoms with E-state index < -0.39 is 0 Å². The van der Waals surface area contributed by atoms with Gasteiger partial charge in [0, 0.05) is 13.3 Å². The molecule has 0 aliphatic carbocycles. The number of aliphatic hydroxyl groups excluding tert-OH is 1. The first-order valence-electron chi connectivity index (χ1n) is 3.91. The fraction of sp³-hybridized carbons (Fsp3) is 0.200. The van der Waals surface area contributed by atoms with Crippen molar-refractivity contribution in [3.05, 3.63) is 35.4 Å². The van der Waals surface area contributed by atoms with E-state index in [4.69, 9.17) is 15.3 Å². The molecule has 4 nitrogen and oxygen atoms in total. The zero-order chi connectivity index (χ0) is 11.4. The molecule has 1 rings (SSSR count). The molecule has 0 heterocycles. The van der Waals surface area contributed by atoms with E-state index in [0.717, 1.165) is 12.7 Å². The maximum Gasteiger partial charge on any atom is 0.204 e. The van der Waals surface area contributed by atoms with Crippen molar-refractivity contribution in [2.24, 2.45) is 5.73 Å². The summed E-state index contributed by atoms with van der Waals surface area (Å²) in [6.45, 7) is 2.04. The normalized spacial score (nSPS) is 7.07. The molecule has 0 aliphatic rings. The second-order valence-corrected chi connectivity index (χ2v) is 2.19. The van der Waals surface area contributed by atoms with Crippen molar-refractivity contribution in [2.45, 2.75) is 6.92 Å². The number of primary amides is 1. The average Bonchev–Trinajstić information content (AvgIpc) is 2.23. The first-order valence-corrected chi connectivity index (χ1v) is 3.91. The summed E-state index contributed by atoms with van der Waals surface area (Å²) in [6, 6.07) is 7.87. The summed E-state index contributed by atoms with van der Waals surface area (Å²) in [4.78, 5) is 8.58. The smallest absolute Gasteiger partial charge is 0.204 e. The topological polar surface area (TPSA) is 87.2 Å². The Kier molecular flexibility index (Phi) is 12.0. The van der Waals surface area contributed by atoms with E-state index in [1.807, 2.05) is 31.2 Å². The Morgan fingerprint density at radius 3 is 1.93 bits per heavy atom. The van der Waals surface area contributed by atoms with Crippen molar-refractivity contribution in [1.82, 2.24) is 0 Å². The van der Waals surface area contributed by atoms with Crippen LogP contribution in [0, 0.1) is 12.3 Å². The summed E-state index contributed by atoms with van der Waals surface area (Å²) >= 11 is 0. The van der Waals surface area contributed by atoms with Crippen LogP contribution in [0.3, 0.4) is 0 Å². The number of rotatable bonds is 1. The summed E-state index contributed by atoms with van der Waals surface area (Å²) in [6.07, 6.45) is 1.60. The number of carbonyl (C=O) groups excluding carboxylic acids is 1. The molecule has 0 saturated heterocycles. The Balaban J connectivity index is 0. The van der Waals surface area contributed by atoms with Crippen molar-refractivity contribution in [3.63, 3.8) is 0 Å². The number of aliphatic hydroxyl groups is 1. The van der Waals surface area contributed by atoms with Gasteiger partial charge in [-0.25, -0.2) is 0 Å². The molecule has 0 saturated carbocycles. The van der Waals surface area contributed by atoms with Gasteiger partial charge in [0.25, 0.3) is 0 Å². The summed E-state index contributed by atoms with van der Waals surface area (Å²) in [7, 11) is 1.00. The molecule has 1 amide bonds. The lowest BCUT2D eigenvalue weighted by Crippen LogP contribution is -1.82. The molecular formula is C10H16N2O2. The number of benzene rings is 1. The quantitative estimate of drug-likeness (QED) is 0.456. The SMILES string of the molecule is CO.Cc1ccc(C=N)cc1.NC=O. The highest BCUT2D eigenvalue weighted by Crippen LogP contribution is 1.98. The van der Waals surface area contributed by atoms with Crippen molar-refractivity contribution in [1.29, 1.82) is 5.41 Å². The van der Waals surface area contributed by atoms with Crippen LogP contribution in [0.25, 0.3) is 0 Å². The largest absolute Gasteiger partial charge is 0.400 e. The van der Waals surface area contributed by atoms with Gasteiger partial charge < -0.3 is 16.2 Å². The van der Waals surface area contributed by atoms with Gasteiger partial charge in [-0.15, -0.1) is 0 Å². The predicted octanol–water partition coefficient (Wildman–Crippen LogP) is 0.703. The zero-order valence-corrected chi connectivity index (χ0v) is 8.40. The Labute approximate surface area is 83.9 Å². The fourth-order valence-corrected chi connectivity index (χ4v) is 0.663. The number of carbonyl (C=O) groups is 1. The van der Waals surface area contributed by atoms with Crippen LogP contribution in [0.15, 0.2) is 24.3 Å². The van der Waals surface area contributed by atoms with Crippen molar-refractivity contribution in [2.75, 3.05) is 7.11 Å². The molecule has 1 aromatic rings. The van der Waals surface area contributed by atoms with E-state index in [1.54, 1.807) is 0 Å². The maximum absolute atomic E-state index is 8.58. The third-order valence-corrected chi connectivity index (χ3v) is 1.24. The predicted molar refractivity (Wildman–Crippen MR) is 57.5 cm³/mol. The highest BCUT2D eigenvalue weighted by molar-refractivity contribution is 5.76. The molecule has 4 heteroatoms. The van der Waals surface area contributed by atoms with Gasteiger partial charge in [-0.1, -0.05) is 29.8 Å². The Morgan fingerprint density at radius 1 is 1.29 bits per heavy atom. The second kappa shape index (κ2) is 11.3. The minimum Gasteiger partial charge on any atom is -0.400 e. The van der Waals surface area contributed by atoms with E-state index in [-0.39, 0.29) is 6.41 Å². The van der Waals surface area contributed by atoms with Crippen LogP contribution in [0.5, 0.6) is 0 Å². The van der Waals surface area contributed by atoms with Crippen LogP contribution in [-0.4, -0.2) is 24.8 Å². The van der Waals surface area contributed by atoms with Gasteiger partial charge in [0.05, 0.1) is 0 Å². The number of nitrogens with two attached hydrogens (primary N) is 1. The number of aryl methyl sites for hydroxylation is 1. The average molecular weight is 196 g/mol. The zero-order valence-electron chi connectivity index (χ0n) is 8.40. The number of amides is 1. The van der Waals surface area contributed by atoms with Gasteiger partial charge in [-0.2, -0.15) is 0 Å². The summed E-state index contributed by atoms with van der Waals surface area (Å²) in [5.74, 6) is 0. The molecule has 0 unspecified atom stereocenters. The van der Waals surface area contributed by atoms with Crippen LogP contribution >= 0.6 is 0 Å². The van der Waals surface area contributed by atoms with Gasteiger partial charge in [0.1, 0.15) is 0 Å². The summed E-state index contributed by atoms with van der Waals surface area (Å²) < 4.78 is 0. The highest BCUT2D eigenvalue weighted by Gasteiger charge is 1.83. The second-order valence-electron chi connectivity index (χ2n) is 2.19. The van der Waals surface area contributed by atoms with Gasteiger partial charge in [-0.3, -0.25) is 4.79 Å². The molecule has 0 bridgehead atoms. The summed E-state index contributed by atoms with van der Waals surface area (Å²) in [5, 5.41) is 13.9. The molecule has 0 aliphatic heterocycles. The first kappa shape index (κ1) is 14.8. The van der Waals surface area contributed by atoms with E-state index >= 15 is 0 Å². The van der Waals surface area contributed by atoms with Gasteiger partial charge in [0.2, 0.25) is 6.41 Å². The molecule has 4 N–H and O–H groups in total. The van der Waals surface area contributed by atoms with Crippen LogP contribution in [0.2, 0.25) is 0 Å². The lowest BCUT2D eigenvalue weighted by molar-refractivity contribution is -0.106. The van der Waals surface area contributed by atoms with Crippen molar-refractivity contribution in [3.8, 4) is 0 Å². The molecule has 0 radical (unpaired) electrons. The maximum atomic E-state index is 8.58. The van der Waals surface area contributed by atoms with Gasteiger partial charge in [0.15, 0.2) is 0 Å². The molecule has 78 valence electrons. The van der Waals surface area contributed by atoms with E-state index in [2.05, 4.69) is 5.73 Å². The molecule has 14 heavy (non-hydrogen) atoms. The van der Waals surface area contributed by atoms with Crippen LogP contribution < -0.4 is 5.73 Å². The Hall–Kier alpha value is -1.68. The Bertz CT molecular complexity index is 245. The summed E-state index contributed by atoms with van der Waals surface area (Å²) in [5.41, 5.74) is 6.36. The molecule has 0 atom stereocenters. The van der Waals surface area contributed by atoms with Crippen LogP contribution in [-0.2, 0) is 4.79 Å². The lowest BCUT2D eigenvalue weighted by atomic mass is 10.2. The third kappa shape index (κ3) is 8.42. The monoisotopic (exact) mass is 196 g/mol. The van der Waals surface area contributed by atoms with Crippen molar-refractivity contribution < 1.29 is 9.90 Å². The molecule has 1 aromatic carbocycles. The minimum absolute atomic E-state index is 0.250. The molecular weight excluding hydrogens is 180 g/mol. The molecule has 0 spiro atoms. The fourth-order valence-electron chi connectivity index (χ4n) is 0.663. The van der Waals surface area contributed by atoms with Crippen LogP contribution in [0.1, 0.15) is 11.1 Å².